The molecule has 0 aliphatic carbocycles. The number of rotatable bonds is 8. The molecule has 2 N–H and O–H groups in total. The second-order valence-electron chi connectivity index (χ2n) is 6.94. The molecule has 0 radical (unpaired) electrons. The summed E-state index contributed by atoms with van der Waals surface area (Å²) in [5.74, 6) is -1.70. The van der Waals surface area contributed by atoms with Gasteiger partial charge in [-0.25, -0.2) is 9.18 Å². The summed E-state index contributed by atoms with van der Waals surface area (Å²) in [5, 5.41) is 18.3. The minimum atomic E-state index is -0.986. The Bertz CT molecular complexity index is 1010. The Labute approximate surface area is 168 Å². The highest BCUT2D eigenvalue weighted by Gasteiger charge is 2.16. The Morgan fingerprint density at radius 3 is 1.93 bits per heavy atom. The second-order valence-corrected chi connectivity index (χ2v) is 6.94. The molecule has 4 nitrogen and oxygen atoms in total. The van der Waals surface area contributed by atoms with E-state index in [1.165, 1.54) is 12.1 Å². The molecule has 3 rings (SSSR count). The van der Waals surface area contributed by atoms with Crippen LogP contribution in [0.3, 0.4) is 0 Å². The second kappa shape index (κ2) is 9.26. The van der Waals surface area contributed by atoms with E-state index in [2.05, 4.69) is 0 Å². The van der Waals surface area contributed by atoms with Gasteiger partial charge in [-0.1, -0.05) is 42.5 Å². The fraction of sp³-hybridized carbons (Fsp3) is 0.167. The highest BCUT2D eigenvalue weighted by molar-refractivity contribution is 5.97. The number of benzene rings is 3. The van der Waals surface area contributed by atoms with Crippen molar-refractivity contribution in [2.45, 2.75) is 18.8 Å². The highest BCUT2D eigenvalue weighted by Crippen LogP contribution is 2.26. The Balaban J connectivity index is 1.91. The number of carbonyl (C=O) groups is 2. The van der Waals surface area contributed by atoms with Gasteiger partial charge in [-0.3, -0.25) is 4.79 Å². The molecule has 0 aliphatic heterocycles. The van der Waals surface area contributed by atoms with E-state index < -0.39 is 12.6 Å². The molecule has 0 aliphatic rings. The summed E-state index contributed by atoms with van der Waals surface area (Å²) in [4.78, 5) is 23.1. The molecule has 29 heavy (non-hydrogen) atoms. The predicted molar refractivity (Wildman–Crippen MR) is 108 cm³/mol. The molecule has 0 heterocycles. The fourth-order valence-corrected chi connectivity index (χ4v) is 3.41. The topological polar surface area (TPSA) is 74.6 Å². The SMILES string of the molecule is O=C(O)c1cccc(CC(Cc2cccc(C(=O)CO)c2)c2ccc(F)cc2)c1. The fourth-order valence-electron chi connectivity index (χ4n) is 3.41. The smallest absolute Gasteiger partial charge is 0.335 e. The van der Waals surface area contributed by atoms with E-state index in [1.54, 1.807) is 48.5 Å². The first-order valence-corrected chi connectivity index (χ1v) is 9.27. The average molecular weight is 392 g/mol. The molecule has 0 aromatic heterocycles. The van der Waals surface area contributed by atoms with Gasteiger partial charge in [-0.15, -0.1) is 0 Å². The number of aromatic carboxylic acids is 1. The van der Waals surface area contributed by atoms with Gasteiger partial charge in [-0.2, -0.15) is 0 Å². The average Bonchev–Trinajstić information content (AvgIpc) is 2.73. The largest absolute Gasteiger partial charge is 0.478 e. The molecule has 3 aromatic carbocycles. The van der Waals surface area contributed by atoms with Gasteiger partial charge < -0.3 is 10.2 Å². The van der Waals surface area contributed by atoms with Crippen molar-refractivity contribution in [2.24, 2.45) is 0 Å². The molecule has 1 atom stereocenters. The van der Waals surface area contributed by atoms with Crippen LogP contribution >= 0.6 is 0 Å². The maximum absolute atomic E-state index is 13.4. The normalized spacial score (nSPS) is 11.8. The Morgan fingerprint density at radius 2 is 1.38 bits per heavy atom. The minimum absolute atomic E-state index is 0.0425. The maximum Gasteiger partial charge on any atom is 0.335 e. The zero-order valence-electron chi connectivity index (χ0n) is 15.7. The Kier molecular flexibility index (Phi) is 6.52. The standard InChI is InChI=1S/C24H21FO4/c25-22-9-7-18(8-10-22)21(14-17-4-2-6-20(12-17)24(28)29)13-16-3-1-5-19(11-16)23(27)15-26/h1-12,21,26H,13-15H2,(H,28,29). The van der Waals surface area contributed by atoms with E-state index in [0.29, 0.717) is 18.4 Å². The van der Waals surface area contributed by atoms with Crippen LogP contribution in [0, 0.1) is 5.82 Å². The van der Waals surface area contributed by atoms with E-state index in [9.17, 15) is 19.1 Å². The van der Waals surface area contributed by atoms with Crippen molar-refractivity contribution in [3.8, 4) is 0 Å². The summed E-state index contributed by atoms with van der Waals surface area (Å²) in [6.07, 6.45) is 1.14. The third kappa shape index (κ3) is 5.36. The van der Waals surface area contributed by atoms with E-state index >= 15 is 0 Å². The number of ketones is 1. The van der Waals surface area contributed by atoms with Crippen LogP contribution in [-0.4, -0.2) is 28.6 Å². The summed E-state index contributed by atoms with van der Waals surface area (Å²) < 4.78 is 13.4. The predicted octanol–water partition coefficient (Wildman–Crippen LogP) is 4.27. The number of Topliss-reactive ketones (excluding diaryl/α,β-unsaturated/α-hetero) is 1. The van der Waals surface area contributed by atoms with Crippen LogP contribution in [0.25, 0.3) is 0 Å². The van der Waals surface area contributed by atoms with Crippen LogP contribution in [0.1, 0.15) is 43.3 Å². The molecule has 0 saturated heterocycles. The number of carboxylic acids is 1. The zero-order valence-corrected chi connectivity index (χ0v) is 15.7. The molecule has 0 fully saturated rings. The van der Waals surface area contributed by atoms with Gasteiger partial charge in [0.1, 0.15) is 12.4 Å². The first-order valence-electron chi connectivity index (χ1n) is 9.27. The van der Waals surface area contributed by atoms with Crippen molar-refractivity contribution in [1.29, 1.82) is 0 Å². The van der Waals surface area contributed by atoms with Crippen LogP contribution < -0.4 is 0 Å². The molecule has 3 aromatic rings. The number of hydrogen-bond donors (Lipinski definition) is 2. The molecule has 0 bridgehead atoms. The monoisotopic (exact) mass is 392 g/mol. The summed E-state index contributed by atoms with van der Waals surface area (Å²) >= 11 is 0. The zero-order chi connectivity index (χ0) is 20.8. The summed E-state index contributed by atoms with van der Waals surface area (Å²) in [6, 6.07) is 20.1. The van der Waals surface area contributed by atoms with Crippen LogP contribution in [0.15, 0.2) is 72.8 Å². The van der Waals surface area contributed by atoms with E-state index in [0.717, 1.165) is 16.7 Å². The number of halogens is 1. The quantitative estimate of drug-likeness (QED) is 0.562. The molecular formula is C24H21FO4. The van der Waals surface area contributed by atoms with E-state index in [-0.39, 0.29) is 23.1 Å². The maximum atomic E-state index is 13.4. The third-order valence-electron chi connectivity index (χ3n) is 4.87. The van der Waals surface area contributed by atoms with Crippen molar-refractivity contribution in [3.05, 3.63) is 106 Å². The number of carboxylic acid groups (broad SMARTS) is 1. The van der Waals surface area contributed by atoms with Crippen LogP contribution in [0.4, 0.5) is 4.39 Å². The lowest BCUT2D eigenvalue weighted by Gasteiger charge is -2.19. The van der Waals surface area contributed by atoms with Crippen molar-refractivity contribution >= 4 is 11.8 Å². The first kappa shape index (κ1) is 20.4. The minimum Gasteiger partial charge on any atom is -0.478 e. The van der Waals surface area contributed by atoms with Gasteiger partial charge in [0.2, 0.25) is 0 Å². The summed E-state index contributed by atoms with van der Waals surface area (Å²) in [7, 11) is 0. The lowest BCUT2D eigenvalue weighted by molar-refractivity contribution is 0.0696. The molecule has 0 spiro atoms. The van der Waals surface area contributed by atoms with Crippen molar-refractivity contribution in [2.75, 3.05) is 6.61 Å². The van der Waals surface area contributed by atoms with E-state index in [4.69, 9.17) is 5.11 Å². The van der Waals surface area contributed by atoms with Crippen molar-refractivity contribution < 1.29 is 24.2 Å². The van der Waals surface area contributed by atoms with Crippen molar-refractivity contribution in [3.63, 3.8) is 0 Å². The van der Waals surface area contributed by atoms with E-state index in [1.807, 2.05) is 12.1 Å². The lowest BCUT2D eigenvalue weighted by Crippen LogP contribution is -2.09. The molecule has 0 amide bonds. The van der Waals surface area contributed by atoms with Crippen molar-refractivity contribution in [1.82, 2.24) is 0 Å². The van der Waals surface area contributed by atoms with Crippen LogP contribution in [0.5, 0.6) is 0 Å². The van der Waals surface area contributed by atoms with Gasteiger partial charge in [-0.05, 0) is 65.8 Å². The summed E-state index contributed by atoms with van der Waals surface area (Å²) in [6.45, 7) is -0.549. The summed E-state index contributed by atoms with van der Waals surface area (Å²) in [5.41, 5.74) is 3.35. The van der Waals surface area contributed by atoms with Gasteiger partial charge in [0.15, 0.2) is 5.78 Å². The number of carbonyl (C=O) groups excluding carboxylic acids is 1. The Morgan fingerprint density at radius 1 is 0.828 bits per heavy atom. The third-order valence-corrected chi connectivity index (χ3v) is 4.87. The number of hydrogen-bond acceptors (Lipinski definition) is 3. The molecule has 1 unspecified atom stereocenters. The molecule has 148 valence electrons. The lowest BCUT2D eigenvalue weighted by atomic mass is 9.86. The van der Waals surface area contributed by atoms with Crippen LogP contribution in [0.2, 0.25) is 0 Å². The molecule has 5 heteroatoms. The van der Waals surface area contributed by atoms with Crippen LogP contribution in [-0.2, 0) is 12.8 Å². The van der Waals surface area contributed by atoms with Gasteiger partial charge in [0.05, 0.1) is 5.56 Å². The van der Waals surface area contributed by atoms with Gasteiger partial charge >= 0.3 is 5.97 Å². The van der Waals surface area contributed by atoms with Gasteiger partial charge in [0, 0.05) is 5.56 Å². The van der Waals surface area contributed by atoms with Gasteiger partial charge in [0.25, 0.3) is 0 Å². The highest BCUT2D eigenvalue weighted by atomic mass is 19.1. The molecule has 0 saturated carbocycles. The number of aliphatic hydroxyl groups excluding tert-OH is 1. The molecular weight excluding hydrogens is 371 g/mol. The number of aliphatic hydroxyl groups is 1. The first-order chi connectivity index (χ1) is 14.0. The Hall–Kier alpha value is -3.31.